The van der Waals surface area contributed by atoms with Gasteiger partial charge in [-0.25, -0.2) is 4.79 Å². The number of carbonyl (C=O) groups is 2. The molecule has 0 aliphatic carbocycles. The number of carbonyl (C=O) groups excluding carboxylic acids is 2. The van der Waals surface area contributed by atoms with Crippen LogP contribution in [0.25, 0.3) is 0 Å². The Kier molecular flexibility index (Phi) is 6.82. The lowest BCUT2D eigenvalue weighted by atomic mass is 10.2. The molecule has 0 radical (unpaired) electrons. The summed E-state index contributed by atoms with van der Waals surface area (Å²) in [5, 5.41) is 2.83. The molecule has 0 aromatic heterocycles. The molecule has 2 rings (SSSR count). The average molecular weight is 406 g/mol. The van der Waals surface area contributed by atoms with Gasteiger partial charge in [0, 0.05) is 24.0 Å². The topological polar surface area (TPSA) is 84.7 Å². The monoisotopic (exact) mass is 405 g/mol. The number of ether oxygens (including phenoxy) is 1. The zero-order valence-electron chi connectivity index (χ0n) is 13.9. The summed E-state index contributed by atoms with van der Waals surface area (Å²) >= 11 is 3.37. The third-order valence-electron chi connectivity index (χ3n) is 3.53. The number of amides is 3. The van der Waals surface area contributed by atoms with Crippen LogP contribution in [0.15, 0.2) is 53.0 Å². The molecule has 0 fully saturated rings. The Morgan fingerprint density at radius 1 is 1.20 bits per heavy atom. The second-order valence-corrected chi connectivity index (χ2v) is 6.31. The van der Waals surface area contributed by atoms with Gasteiger partial charge in [-0.2, -0.15) is 0 Å². The average Bonchev–Trinajstić information content (AvgIpc) is 2.59. The fourth-order valence-corrected chi connectivity index (χ4v) is 2.63. The van der Waals surface area contributed by atoms with E-state index in [0.29, 0.717) is 18.0 Å². The van der Waals surface area contributed by atoms with Crippen LogP contribution in [0, 0.1) is 0 Å². The highest BCUT2D eigenvalue weighted by Crippen LogP contribution is 2.28. The van der Waals surface area contributed by atoms with Gasteiger partial charge in [-0.05, 0) is 23.8 Å². The van der Waals surface area contributed by atoms with Crippen molar-refractivity contribution in [2.24, 2.45) is 5.73 Å². The molecule has 7 heteroatoms. The summed E-state index contributed by atoms with van der Waals surface area (Å²) in [6.07, 6.45) is 0.0931. The molecule has 0 spiro atoms. The molecular formula is C18H20BrN3O3. The molecule has 0 bridgehead atoms. The van der Waals surface area contributed by atoms with Crippen LogP contribution in [0.3, 0.4) is 0 Å². The van der Waals surface area contributed by atoms with Gasteiger partial charge in [-0.1, -0.05) is 46.3 Å². The number of hydrogen-bond acceptors (Lipinski definition) is 3. The quantitative estimate of drug-likeness (QED) is 0.740. The summed E-state index contributed by atoms with van der Waals surface area (Å²) in [6.45, 7) is 0.600. The first kappa shape index (κ1) is 18.8. The predicted octanol–water partition coefficient (Wildman–Crippen LogP) is 3.37. The second-order valence-electron chi connectivity index (χ2n) is 5.40. The third kappa shape index (κ3) is 5.79. The van der Waals surface area contributed by atoms with E-state index in [1.165, 1.54) is 7.11 Å². The van der Waals surface area contributed by atoms with Crippen molar-refractivity contribution in [2.75, 3.05) is 19.0 Å². The first-order valence-corrected chi connectivity index (χ1v) is 8.50. The van der Waals surface area contributed by atoms with Gasteiger partial charge in [-0.15, -0.1) is 0 Å². The maximum Gasteiger partial charge on any atom is 0.322 e. The number of rotatable bonds is 7. The minimum atomic E-state index is -0.453. The molecular weight excluding hydrogens is 386 g/mol. The number of halogens is 1. The number of benzene rings is 2. The molecule has 0 saturated heterocycles. The number of primary amides is 1. The smallest absolute Gasteiger partial charge is 0.322 e. The number of methoxy groups -OCH3 is 1. The number of nitrogens with zero attached hydrogens (tertiary/aromatic N) is 1. The van der Waals surface area contributed by atoms with Gasteiger partial charge in [0.25, 0.3) is 0 Å². The third-order valence-corrected chi connectivity index (χ3v) is 4.03. The maximum absolute atomic E-state index is 12.7. The Bertz CT molecular complexity index is 738. The largest absolute Gasteiger partial charge is 0.495 e. The van der Waals surface area contributed by atoms with Crippen LogP contribution < -0.4 is 15.8 Å². The predicted molar refractivity (Wildman–Crippen MR) is 100 cm³/mol. The van der Waals surface area contributed by atoms with E-state index < -0.39 is 5.91 Å². The van der Waals surface area contributed by atoms with Gasteiger partial charge < -0.3 is 20.7 Å². The molecule has 0 aliphatic heterocycles. The van der Waals surface area contributed by atoms with E-state index in [0.717, 1.165) is 10.0 Å². The van der Waals surface area contributed by atoms with Crippen LogP contribution in [0.1, 0.15) is 12.0 Å². The van der Waals surface area contributed by atoms with Crippen LogP contribution in [-0.4, -0.2) is 30.5 Å². The standard InChI is InChI=1S/C18H20BrN3O3/c1-25-16-8-7-14(19)11-15(16)21-18(24)22(10-9-17(20)23)12-13-5-3-2-4-6-13/h2-8,11H,9-10,12H2,1H3,(H2,20,23)(H,21,24). The molecule has 0 unspecified atom stereocenters. The van der Waals surface area contributed by atoms with E-state index in [9.17, 15) is 9.59 Å². The fourth-order valence-electron chi connectivity index (χ4n) is 2.27. The van der Waals surface area contributed by atoms with E-state index in [4.69, 9.17) is 10.5 Å². The normalized spacial score (nSPS) is 10.2. The molecule has 6 nitrogen and oxygen atoms in total. The van der Waals surface area contributed by atoms with Crippen LogP contribution in [-0.2, 0) is 11.3 Å². The van der Waals surface area contributed by atoms with E-state index >= 15 is 0 Å². The summed E-state index contributed by atoms with van der Waals surface area (Å²) in [7, 11) is 1.54. The van der Waals surface area contributed by atoms with Crippen molar-refractivity contribution in [3.05, 3.63) is 58.6 Å². The minimum absolute atomic E-state index is 0.0931. The number of nitrogens with two attached hydrogens (primary N) is 1. The molecule has 132 valence electrons. The number of anilines is 1. The Labute approximate surface area is 155 Å². The number of nitrogens with one attached hydrogen (secondary N) is 1. The van der Waals surface area contributed by atoms with Gasteiger partial charge in [-0.3, -0.25) is 4.79 Å². The fraction of sp³-hybridized carbons (Fsp3) is 0.222. The molecule has 2 aromatic rings. The van der Waals surface area contributed by atoms with E-state index in [1.807, 2.05) is 36.4 Å². The number of hydrogen-bond donors (Lipinski definition) is 2. The minimum Gasteiger partial charge on any atom is -0.495 e. The zero-order chi connectivity index (χ0) is 18.2. The molecule has 0 aliphatic rings. The van der Waals surface area contributed by atoms with Crippen molar-refractivity contribution < 1.29 is 14.3 Å². The van der Waals surface area contributed by atoms with Crippen LogP contribution in [0.2, 0.25) is 0 Å². The van der Waals surface area contributed by atoms with E-state index in [1.54, 1.807) is 17.0 Å². The molecule has 3 N–H and O–H groups in total. The first-order chi connectivity index (χ1) is 12.0. The van der Waals surface area contributed by atoms with Crippen LogP contribution in [0.4, 0.5) is 10.5 Å². The van der Waals surface area contributed by atoms with Crippen molar-refractivity contribution in [1.29, 1.82) is 0 Å². The molecule has 0 atom stereocenters. The van der Waals surface area contributed by atoms with Gasteiger partial charge in [0.1, 0.15) is 5.75 Å². The number of urea groups is 1. The van der Waals surface area contributed by atoms with Crippen LogP contribution in [0.5, 0.6) is 5.75 Å². The van der Waals surface area contributed by atoms with Gasteiger partial charge in [0.05, 0.1) is 12.8 Å². The lowest BCUT2D eigenvalue weighted by Gasteiger charge is -2.23. The Hall–Kier alpha value is -2.54. The maximum atomic E-state index is 12.7. The van der Waals surface area contributed by atoms with E-state index in [-0.39, 0.29) is 19.0 Å². The summed E-state index contributed by atoms with van der Waals surface area (Å²) in [4.78, 5) is 25.4. The highest BCUT2D eigenvalue weighted by Gasteiger charge is 2.17. The lowest BCUT2D eigenvalue weighted by Crippen LogP contribution is -2.36. The molecule has 25 heavy (non-hydrogen) atoms. The first-order valence-electron chi connectivity index (χ1n) is 7.71. The second kappa shape index (κ2) is 9.08. The summed E-state index contributed by atoms with van der Waals surface area (Å²) < 4.78 is 6.08. The molecule has 2 aromatic carbocycles. The summed E-state index contributed by atoms with van der Waals surface area (Å²) in [6, 6.07) is 14.5. The Morgan fingerprint density at radius 2 is 1.92 bits per heavy atom. The zero-order valence-corrected chi connectivity index (χ0v) is 15.5. The van der Waals surface area contributed by atoms with Crippen molar-refractivity contribution >= 4 is 33.6 Å². The Balaban J connectivity index is 2.16. The SMILES string of the molecule is COc1ccc(Br)cc1NC(=O)N(CCC(N)=O)Cc1ccccc1. The van der Waals surface area contributed by atoms with Crippen molar-refractivity contribution in [1.82, 2.24) is 4.90 Å². The van der Waals surface area contributed by atoms with Gasteiger partial charge >= 0.3 is 6.03 Å². The van der Waals surface area contributed by atoms with Crippen LogP contribution >= 0.6 is 15.9 Å². The van der Waals surface area contributed by atoms with Crippen molar-refractivity contribution in [3.8, 4) is 5.75 Å². The highest BCUT2D eigenvalue weighted by molar-refractivity contribution is 9.10. The Morgan fingerprint density at radius 3 is 2.56 bits per heavy atom. The molecule has 0 heterocycles. The van der Waals surface area contributed by atoms with Gasteiger partial charge in [0.2, 0.25) is 5.91 Å². The molecule has 3 amide bonds. The van der Waals surface area contributed by atoms with E-state index in [2.05, 4.69) is 21.2 Å². The highest BCUT2D eigenvalue weighted by atomic mass is 79.9. The summed E-state index contributed by atoms with van der Waals surface area (Å²) in [5.41, 5.74) is 6.73. The van der Waals surface area contributed by atoms with Crippen molar-refractivity contribution in [2.45, 2.75) is 13.0 Å². The molecule has 0 saturated carbocycles. The summed E-state index contributed by atoms with van der Waals surface area (Å²) in [5.74, 6) is 0.0945. The van der Waals surface area contributed by atoms with Gasteiger partial charge in [0.15, 0.2) is 0 Å². The van der Waals surface area contributed by atoms with Crippen molar-refractivity contribution in [3.63, 3.8) is 0 Å². The lowest BCUT2D eigenvalue weighted by molar-refractivity contribution is -0.118.